The van der Waals surface area contributed by atoms with Crippen molar-refractivity contribution in [1.82, 2.24) is 15.3 Å². The maximum absolute atomic E-state index is 12.4. The number of aromatic amines is 1. The van der Waals surface area contributed by atoms with Gasteiger partial charge in [0.25, 0.3) is 11.6 Å². The average molecular weight is 338 g/mol. The van der Waals surface area contributed by atoms with Gasteiger partial charge in [-0.1, -0.05) is 6.07 Å². The number of carbonyl (C=O) groups excluding carboxylic acids is 1. The summed E-state index contributed by atoms with van der Waals surface area (Å²) in [6.07, 6.45) is 0. The molecule has 2 N–H and O–H groups in total. The van der Waals surface area contributed by atoms with Crippen molar-refractivity contribution in [3.63, 3.8) is 0 Å². The Labute approximate surface area is 144 Å². The maximum atomic E-state index is 12.4. The van der Waals surface area contributed by atoms with Crippen molar-refractivity contribution >= 4 is 22.6 Å². The number of hydrogen-bond acceptors (Lipinski definition) is 4. The fourth-order valence-corrected chi connectivity index (χ4v) is 2.57. The summed E-state index contributed by atoms with van der Waals surface area (Å²) < 4.78 is 0. The highest BCUT2D eigenvalue weighted by Gasteiger charge is 2.16. The minimum Gasteiger partial charge on any atom is -0.342 e. The van der Waals surface area contributed by atoms with Crippen LogP contribution in [-0.2, 0) is 0 Å². The molecule has 2 aromatic carbocycles. The lowest BCUT2D eigenvalue weighted by atomic mass is 10.1. The van der Waals surface area contributed by atoms with Gasteiger partial charge in [-0.2, -0.15) is 0 Å². The highest BCUT2D eigenvalue weighted by atomic mass is 16.6. The van der Waals surface area contributed by atoms with Crippen LogP contribution in [0.3, 0.4) is 0 Å². The number of hydrogen-bond donors (Lipinski definition) is 2. The third-order valence-electron chi connectivity index (χ3n) is 4.22. The zero-order chi connectivity index (χ0) is 18.1. The molecule has 128 valence electrons. The van der Waals surface area contributed by atoms with Crippen LogP contribution in [0.1, 0.15) is 40.3 Å². The number of carbonyl (C=O) groups is 1. The first-order chi connectivity index (χ1) is 11.8. The van der Waals surface area contributed by atoms with Gasteiger partial charge in [0.1, 0.15) is 5.82 Å². The number of non-ortho nitro benzene ring substituents is 1. The summed E-state index contributed by atoms with van der Waals surface area (Å²) >= 11 is 0. The number of amides is 1. The van der Waals surface area contributed by atoms with Crippen LogP contribution in [0.25, 0.3) is 11.0 Å². The minimum atomic E-state index is -0.453. The van der Waals surface area contributed by atoms with Crippen LogP contribution < -0.4 is 5.32 Å². The lowest BCUT2D eigenvalue weighted by Crippen LogP contribution is -2.27. The topological polar surface area (TPSA) is 101 Å². The Bertz CT molecular complexity index is 978. The molecule has 1 heterocycles. The molecule has 7 nitrogen and oxygen atoms in total. The standard InChI is InChI=1S/C18H18N4O3/c1-10-4-5-13(8-11(10)2)18(23)19-12(3)17-20-15-7-6-14(22(24)25)9-16(15)21-17/h4-9,12H,1-3H3,(H,19,23)(H,20,21). The van der Waals surface area contributed by atoms with Crippen LogP contribution in [0.15, 0.2) is 36.4 Å². The van der Waals surface area contributed by atoms with E-state index < -0.39 is 4.92 Å². The summed E-state index contributed by atoms with van der Waals surface area (Å²) in [5.41, 5.74) is 3.94. The molecule has 1 unspecified atom stereocenters. The highest BCUT2D eigenvalue weighted by Crippen LogP contribution is 2.21. The predicted octanol–water partition coefficient (Wildman–Crippen LogP) is 3.58. The average Bonchev–Trinajstić information content (AvgIpc) is 3.00. The van der Waals surface area contributed by atoms with Crippen molar-refractivity contribution in [2.24, 2.45) is 0 Å². The van der Waals surface area contributed by atoms with Gasteiger partial charge in [0.15, 0.2) is 0 Å². The van der Waals surface area contributed by atoms with Gasteiger partial charge in [-0.05, 0) is 50.1 Å². The van der Waals surface area contributed by atoms with Crippen molar-refractivity contribution in [3.8, 4) is 0 Å². The third kappa shape index (κ3) is 3.35. The smallest absolute Gasteiger partial charge is 0.271 e. The van der Waals surface area contributed by atoms with E-state index in [4.69, 9.17) is 0 Å². The van der Waals surface area contributed by atoms with E-state index >= 15 is 0 Å². The summed E-state index contributed by atoms with van der Waals surface area (Å²) in [7, 11) is 0. The first kappa shape index (κ1) is 16.6. The van der Waals surface area contributed by atoms with Gasteiger partial charge in [-0.25, -0.2) is 4.98 Å². The third-order valence-corrected chi connectivity index (χ3v) is 4.22. The fourth-order valence-electron chi connectivity index (χ4n) is 2.57. The monoisotopic (exact) mass is 338 g/mol. The summed E-state index contributed by atoms with van der Waals surface area (Å²) in [5, 5.41) is 13.7. The van der Waals surface area contributed by atoms with Gasteiger partial charge < -0.3 is 10.3 Å². The Morgan fingerprint density at radius 3 is 2.64 bits per heavy atom. The number of benzene rings is 2. The molecule has 0 saturated carbocycles. The molecule has 3 rings (SSSR count). The van der Waals surface area contributed by atoms with Crippen LogP contribution in [0.5, 0.6) is 0 Å². The number of nitrogens with zero attached hydrogens (tertiary/aromatic N) is 2. The Morgan fingerprint density at radius 1 is 1.20 bits per heavy atom. The summed E-state index contributed by atoms with van der Waals surface area (Å²) in [4.78, 5) is 30.2. The molecule has 7 heteroatoms. The SMILES string of the molecule is Cc1ccc(C(=O)NC(C)c2nc3ccc([N+](=O)[O-])cc3[nH]2)cc1C. The molecular weight excluding hydrogens is 320 g/mol. The Kier molecular flexibility index (Phi) is 4.22. The van der Waals surface area contributed by atoms with Crippen LogP contribution in [-0.4, -0.2) is 20.8 Å². The molecule has 1 amide bonds. The fraction of sp³-hybridized carbons (Fsp3) is 0.222. The van der Waals surface area contributed by atoms with Crippen molar-refractivity contribution in [3.05, 3.63) is 69.0 Å². The van der Waals surface area contributed by atoms with Crippen LogP contribution in [0, 0.1) is 24.0 Å². The molecule has 1 atom stereocenters. The summed E-state index contributed by atoms with van der Waals surface area (Å²) in [5.74, 6) is 0.356. The zero-order valence-corrected chi connectivity index (χ0v) is 14.2. The van der Waals surface area contributed by atoms with E-state index in [-0.39, 0.29) is 17.6 Å². The van der Waals surface area contributed by atoms with Crippen LogP contribution in [0.2, 0.25) is 0 Å². The normalized spacial score (nSPS) is 12.1. The Balaban J connectivity index is 1.81. The number of nitro benzene ring substituents is 1. The van der Waals surface area contributed by atoms with E-state index in [9.17, 15) is 14.9 Å². The largest absolute Gasteiger partial charge is 0.342 e. The molecule has 0 saturated heterocycles. The van der Waals surface area contributed by atoms with E-state index in [1.165, 1.54) is 12.1 Å². The van der Waals surface area contributed by atoms with Crippen LogP contribution in [0.4, 0.5) is 5.69 Å². The quantitative estimate of drug-likeness (QED) is 0.561. The second kappa shape index (κ2) is 6.35. The molecule has 0 spiro atoms. The molecular formula is C18H18N4O3. The van der Waals surface area contributed by atoms with E-state index in [0.717, 1.165) is 11.1 Å². The number of imidazole rings is 1. The molecule has 0 fully saturated rings. The van der Waals surface area contributed by atoms with Crippen molar-refractivity contribution in [1.29, 1.82) is 0 Å². The molecule has 0 aliphatic heterocycles. The second-order valence-corrected chi connectivity index (χ2v) is 6.07. The Morgan fingerprint density at radius 2 is 1.96 bits per heavy atom. The lowest BCUT2D eigenvalue weighted by Gasteiger charge is -2.12. The van der Waals surface area contributed by atoms with E-state index in [1.807, 2.05) is 32.9 Å². The molecule has 0 aliphatic carbocycles. The predicted molar refractivity (Wildman–Crippen MR) is 94.5 cm³/mol. The molecule has 0 bridgehead atoms. The first-order valence-electron chi connectivity index (χ1n) is 7.87. The maximum Gasteiger partial charge on any atom is 0.271 e. The van der Waals surface area contributed by atoms with Gasteiger partial charge >= 0.3 is 0 Å². The van der Waals surface area contributed by atoms with E-state index in [0.29, 0.717) is 22.4 Å². The van der Waals surface area contributed by atoms with E-state index in [1.54, 1.807) is 12.1 Å². The van der Waals surface area contributed by atoms with Gasteiger partial charge in [-0.3, -0.25) is 14.9 Å². The number of aryl methyl sites for hydroxylation is 2. The minimum absolute atomic E-state index is 0.00507. The van der Waals surface area contributed by atoms with Crippen molar-refractivity contribution < 1.29 is 9.72 Å². The summed E-state index contributed by atoms with van der Waals surface area (Å²) in [6, 6.07) is 9.61. The number of nitro groups is 1. The van der Waals surface area contributed by atoms with Gasteiger partial charge in [0.05, 0.1) is 22.0 Å². The van der Waals surface area contributed by atoms with Crippen molar-refractivity contribution in [2.75, 3.05) is 0 Å². The van der Waals surface area contributed by atoms with E-state index in [2.05, 4.69) is 15.3 Å². The number of H-pyrrole nitrogens is 1. The number of rotatable bonds is 4. The van der Waals surface area contributed by atoms with Crippen LogP contribution >= 0.6 is 0 Å². The number of fused-ring (bicyclic) bond motifs is 1. The van der Waals surface area contributed by atoms with Gasteiger partial charge in [0.2, 0.25) is 0 Å². The highest BCUT2D eigenvalue weighted by molar-refractivity contribution is 5.94. The van der Waals surface area contributed by atoms with Crippen molar-refractivity contribution in [2.45, 2.75) is 26.8 Å². The molecule has 3 aromatic rings. The summed E-state index contributed by atoms with van der Waals surface area (Å²) in [6.45, 7) is 5.76. The zero-order valence-electron chi connectivity index (χ0n) is 14.2. The number of aromatic nitrogens is 2. The lowest BCUT2D eigenvalue weighted by molar-refractivity contribution is -0.384. The van der Waals surface area contributed by atoms with Gasteiger partial charge in [-0.15, -0.1) is 0 Å². The van der Waals surface area contributed by atoms with Gasteiger partial charge in [0, 0.05) is 17.7 Å². The first-order valence-corrected chi connectivity index (χ1v) is 7.87. The molecule has 1 aromatic heterocycles. The number of nitrogens with one attached hydrogen (secondary N) is 2. The molecule has 0 aliphatic rings. The molecule has 25 heavy (non-hydrogen) atoms. The Hall–Kier alpha value is -3.22. The second-order valence-electron chi connectivity index (χ2n) is 6.07. The molecule has 0 radical (unpaired) electrons.